The molecule has 1 rings (SSSR count). The summed E-state index contributed by atoms with van der Waals surface area (Å²) >= 11 is 0. The Bertz CT molecular complexity index is 165. The van der Waals surface area contributed by atoms with Gasteiger partial charge in [-0.25, -0.2) is 0 Å². The van der Waals surface area contributed by atoms with Gasteiger partial charge in [0.2, 0.25) is 5.91 Å². The molecule has 0 aromatic heterocycles. The zero-order chi connectivity index (χ0) is 10.2. The minimum Gasteiger partial charge on any atom is -0.354 e. The number of carbonyl (C=O) groups excluding carboxylic acids is 1. The molecule has 0 radical (unpaired) electrons. The normalized spacial score (nSPS) is 18.9. The van der Waals surface area contributed by atoms with Gasteiger partial charge in [0, 0.05) is 13.1 Å². The first-order valence-corrected chi connectivity index (χ1v) is 5.52. The Hall–Kier alpha value is -0.610. The van der Waals surface area contributed by atoms with E-state index in [2.05, 4.69) is 10.2 Å². The van der Waals surface area contributed by atoms with Crippen molar-refractivity contribution in [3.63, 3.8) is 0 Å². The lowest BCUT2D eigenvalue weighted by molar-refractivity contribution is -0.119. The molecule has 0 atom stereocenters. The Kier molecular flexibility index (Phi) is 5.56. The van der Waals surface area contributed by atoms with E-state index in [-0.39, 0.29) is 12.5 Å². The molecule has 4 heteroatoms. The van der Waals surface area contributed by atoms with Gasteiger partial charge in [-0.05, 0) is 25.9 Å². The molecule has 14 heavy (non-hydrogen) atoms. The van der Waals surface area contributed by atoms with E-state index in [1.165, 1.54) is 38.8 Å². The highest BCUT2D eigenvalue weighted by Crippen LogP contribution is 2.08. The topological polar surface area (TPSA) is 58.4 Å². The molecule has 1 saturated heterocycles. The van der Waals surface area contributed by atoms with Gasteiger partial charge < -0.3 is 16.0 Å². The van der Waals surface area contributed by atoms with Crippen LogP contribution in [0, 0.1) is 0 Å². The van der Waals surface area contributed by atoms with Crippen molar-refractivity contribution in [1.29, 1.82) is 0 Å². The van der Waals surface area contributed by atoms with Crippen LogP contribution in [0.15, 0.2) is 0 Å². The first-order chi connectivity index (χ1) is 6.83. The smallest absolute Gasteiger partial charge is 0.233 e. The minimum absolute atomic E-state index is 0.0557. The van der Waals surface area contributed by atoms with Crippen molar-refractivity contribution in [2.75, 3.05) is 32.7 Å². The van der Waals surface area contributed by atoms with Crippen LogP contribution in [0.1, 0.15) is 25.7 Å². The summed E-state index contributed by atoms with van der Waals surface area (Å²) in [5.41, 5.74) is 5.19. The largest absolute Gasteiger partial charge is 0.354 e. The Balaban J connectivity index is 2.07. The van der Waals surface area contributed by atoms with Crippen LogP contribution in [0.4, 0.5) is 0 Å². The summed E-state index contributed by atoms with van der Waals surface area (Å²) in [6.07, 6.45) is 5.30. The van der Waals surface area contributed by atoms with Gasteiger partial charge in [-0.1, -0.05) is 12.8 Å². The summed E-state index contributed by atoms with van der Waals surface area (Å²) in [6, 6.07) is 0. The fourth-order valence-electron chi connectivity index (χ4n) is 1.79. The lowest BCUT2D eigenvalue weighted by Gasteiger charge is -2.19. The fourth-order valence-corrected chi connectivity index (χ4v) is 1.79. The second kappa shape index (κ2) is 6.79. The van der Waals surface area contributed by atoms with Crippen LogP contribution >= 0.6 is 0 Å². The lowest BCUT2D eigenvalue weighted by Crippen LogP contribution is -2.37. The van der Waals surface area contributed by atoms with Crippen molar-refractivity contribution in [2.24, 2.45) is 5.73 Å². The van der Waals surface area contributed by atoms with Crippen molar-refractivity contribution in [3.8, 4) is 0 Å². The predicted octanol–water partition coefficient (Wildman–Crippen LogP) is -0.0627. The number of likely N-dealkylation sites (tertiary alicyclic amines) is 1. The summed E-state index contributed by atoms with van der Waals surface area (Å²) in [7, 11) is 0. The molecule has 0 aliphatic carbocycles. The van der Waals surface area contributed by atoms with Crippen LogP contribution in [0.25, 0.3) is 0 Å². The van der Waals surface area contributed by atoms with Gasteiger partial charge >= 0.3 is 0 Å². The number of rotatable bonds is 4. The van der Waals surface area contributed by atoms with E-state index in [4.69, 9.17) is 5.73 Å². The van der Waals surface area contributed by atoms with Crippen molar-refractivity contribution in [3.05, 3.63) is 0 Å². The van der Waals surface area contributed by atoms with Crippen LogP contribution in [0.3, 0.4) is 0 Å². The molecule has 0 aromatic rings. The fraction of sp³-hybridized carbons (Fsp3) is 0.900. The standard InChI is InChI=1S/C10H21N3O/c11-9-10(14)12-5-8-13-6-3-1-2-4-7-13/h1-9,11H2,(H,12,14). The van der Waals surface area contributed by atoms with E-state index in [1.807, 2.05) is 0 Å². The number of nitrogens with zero attached hydrogens (tertiary/aromatic N) is 1. The van der Waals surface area contributed by atoms with Crippen LogP contribution in [0.2, 0.25) is 0 Å². The van der Waals surface area contributed by atoms with Gasteiger partial charge in [-0.3, -0.25) is 4.79 Å². The highest BCUT2D eigenvalue weighted by Gasteiger charge is 2.08. The number of nitrogens with one attached hydrogen (secondary N) is 1. The van der Waals surface area contributed by atoms with Crippen LogP contribution < -0.4 is 11.1 Å². The minimum atomic E-state index is -0.0557. The van der Waals surface area contributed by atoms with Gasteiger partial charge in [0.15, 0.2) is 0 Å². The molecule has 0 bridgehead atoms. The molecule has 1 aliphatic heterocycles. The number of amides is 1. The van der Waals surface area contributed by atoms with Crippen LogP contribution in [-0.2, 0) is 4.79 Å². The summed E-state index contributed by atoms with van der Waals surface area (Å²) in [5.74, 6) is -0.0557. The van der Waals surface area contributed by atoms with Gasteiger partial charge in [-0.15, -0.1) is 0 Å². The molecule has 1 aliphatic rings. The van der Waals surface area contributed by atoms with Crippen molar-refractivity contribution >= 4 is 5.91 Å². The molecular weight excluding hydrogens is 178 g/mol. The quantitative estimate of drug-likeness (QED) is 0.667. The van der Waals surface area contributed by atoms with Gasteiger partial charge in [0.05, 0.1) is 6.54 Å². The second-order valence-electron chi connectivity index (χ2n) is 3.81. The highest BCUT2D eigenvalue weighted by atomic mass is 16.1. The van der Waals surface area contributed by atoms with Crippen molar-refractivity contribution < 1.29 is 4.79 Å². The van der Waals surface area contributed by atoms with Crippen LogP contribution in [0.5, 0.6) is 0 Å². The average molecular weight is 199 g/mol. The van der Waals surface area contributed by atoms with Gasteiger partial charge in [0.25, 0.3) is 0 Å². The molecule has 3 N–H and O–H groups in total. The Morgan fingerprint density at radius 2 is 1.86 bits per heavy atom. The molecule has 4 nitrogen and oxygen atoms in total. The third-order valence-electron chi connectivity index (χ3n) is 2.63. The maximum Gasteiger partial charge on any atom is 0.233 e. The Morgan fingerprint density at radius 1 is 1.21 bits per heavy atom. The SMILES string of the molecule is NCC(=O)NCCN1CCCCCC1. The van der Waals surface area contributed by atoms with Gasteiger partial charge in [-0.2, -0.15) is 0 Å². The van der Waals surface area contributed by atoms with Gasteiger partial charge in [0.1, 0.15) is 0 Å². The molecule has 0 aromatic carbocycles. The summed E-state index contributed by atoms with van der Waals surface area (Å²) in [4.78, 5) is 13.3. The maximum atomic E-state index is 10.9. The molecule has 1 heterocycles. The third kappa shape index (κ3) is 4.58. The molecular formula is C10H21N3O. The van der Waals surface area contributed by atoms with Crippen LogP contribution in [-0.4, -0.2) is 43.5 Å². The zero-order valence-electron chi connectivity index (χ0n) is 8.80. The highest BCUT2D eigenvalue weighted by molar-refractivity contribution is 5.77. The summed E-state index contributed by atoms with van der Waals surface area (Å²) < 4.78 is 0. The van der Waals surface area contributed by atoms with Crippen molar-refractivity contribution in [1.82, 2.24) is 10.2 Å². The average Bonchev–Trinajstić information content (AvgIpc) is 2.46. The van der Waals surface area contributed by atoms with E-state index in [9.17, 15) is 4.79 Å². The van der Waals surface area contributed by atoms with E-state index < -0.39 is 0 Å². The van der Waals surface area contributed by atoms with E-state index in [0.717, 1.165) is 13.1 Å². The number of nitrogens with two attached hydrogens (primary N) is 1. The molecule has 0 unspecified atom stereocenters. The van der Waals surface area contributed by atoms with E-state index in [0.29, 0.717) is 0 Å². The number of hydrogen-bond donors (Lipinski definition) is 2. The third-order valence-corrected chi connectivity index (χ3v) is 2.63. The summed E-state index contributed by atoms with van der Waals surface area (Å²) in [6.45, 7) is 4.15. The lowest BCUT2D eigenvalue weighted by atomic mass is 10.2. The van der Waals surface area contributed by atoms with E-state index >= 15 is 0 Å². The molecule has 82 valence electrons. The Morgan fingerprint density at radius 3 is 2.43 bits per heavy atom. The number of carbonyl (C=O) groups is 1. The maximum absolute atomic E-state index is 10.9. The Labute approximate surface area is 85.8 Å². The first kappa shape index (κ1) is 11.5. The monoisotopic (exact) mass is 199 g/mol. The zero-order valence-corrected chi connectivity index (χ0v) is 8.80. The molecule has 0 saturated carbocycles. The molecule has 0 spiro atoms. The van der Waals surface area contributed by atoms with Crippen molar-refractivity contribution in [2.45, 2.75) is 25.7 Å². The summed E-state index contributed by atoms with van der Waals surface area (Å²) in [5, 5.41) is 2.79. The molecule has 1 fully saturated rings. The predicted molar refractivity (Wildman–Crippen MR) is 57.0 cm³/mol. The molecule has 1 amide bonds. The van der Waals surface area contributed by atoms with E-state index in [1.54, 1.807) is 0 Å². The number of hydrogen-bond acceptors (Lipinski definition) is 3. The second-order valence-corrected chi connectivity index (χ2v) is 3.81. The first-order valence-electron chi connectivity index (χ1n) is 5.52.